The van der Waals surface area contributed by atoms with E-state index in [1.807, 2.05) is 11.5 Å². The van der Waals surface area contributed by atoms with Crippen LogP contribution in [0.5, 0.6) is 0 Å². The Kier molecular flexibility index (Phi) is 5.27. The Bertz CT molecular complexity index is 784. The van der Waals surface area contributed by atoms with Gasteiger partial charge in [-0.15, -0.1) is 0 Å². The molecule has 4 heterocycles. The summed E-state index contributed by atoms with van der Waals surface area (Å²) in [5, 5.41) is 10.9. The standard InChI is InChI=1S/C18H27N5O4/c1-13-18(24,4-7-27-13)10-22-12-21-15-16(22)19-11-20-17(15)23-5-8-26-9-14(23)3-6-25-2/h11-14,24H,3-10H2,1-2H3. The molecule has 9 nitrogen and oxygen atoms in total. The monoisotopic (exact) mass is 377 g/mol. The zero-order valence-electron chi connectivity index (χ0n) is 15.9. The van der Waals surface area contributed by atoms with Crippen LogP contribution in [0.2, 0.25) is 0 Å². The molecule has 2 aromatic rings. The smallest absolute Gasteiger partial charge is 0.165 e. The molecule has 2 aliphatic rings. The van der Waals surface area contributed by atoms with Crippen LogP contribution in [0.25, 0.3) is 11.2 Å². The van der Waals surface area contributed by atoms with Gasteiger partial charge in [0.25, 0.3) is 0 Å². The third kappa shape index (κ3) is 3.52. The number of hydrogen-bond donors (Lipinski definition) is 1. The van der Waals surface area contributed by atoms with E-state index >= 15 is 0 Å². The Morgan fingerprint density at radius 1 is 1.33 bits per heavy atom. The number of methoxy groups -OCH3 is 1. The Hall–Kier alpha value is -1.81. The zero-order valence-corrected chi connectivity index (χ0v) is 15.9. The second-order valence-electron chi connectivity index (χ2n) is 7.31. The first kappa shape index (κ1) is 18.5. The van der Waals surface area contributed by atoms with E-state index in [4.69, 9.17) is 14.2 Å². The highest BCUT2D eigenvalue weighted by Gasteiger charge is 2.40. The molecule has 0 aliphatic carbocycles. The molecule has 0 spiro atoms. The van der Waals surface area contributed by atoms with Crippen LogP contribution in [0.3, 0.4) is 0 Å². The Morgan fingerprint density at radius 2 is 2.22 bits per heavy atom. The number of fused-ring (bicyclic) bond motifs is 1. The second kappa shape index (κ2) is 7.67. The van der Waals surface area contributed by atoms with Gasteiger partial charge in [0, 0.05) is 33.3 Å². The van der Waals surface area contributed by atoms with Crippen LogP contribution in [0.4, 0.5) is 5.82 Å². The molecular weight excluding hydrogens is 350 g/mol. The molecule has 2 fully saturated rings. The maximum absolute atomic E-state index is 10.9. The number of morpholine rings is 1. The lowest BCUT2D eigenvalue weighted by Gasteiger charge is -2.36. The van der Waals surface area contributed by atoms with Crippen molar-refractivity contribution in [2.24, 2.45) is 0 Å². The first-order valence-corrected chi connectivity index (χ1v) is 9.45. The second-order valence-corrected chi connectivity index (χ2v) is 7.31. The van der Waals surface area contributed by atoms with Crippen LogP contribution >= 0.6 is 0 Å². The van der Waals surface area contributed by atoms with Gasteiger partial charge < -0.3 is 28.8 Å². The van der Waals surface area contributed by atoms with Gasteiger partial charge in [0.2, 0.25) is 0 Å². The number of hydrogen-bond acceptors (Lipinski definition) is 8. The van der Waals surface area contributed by atoms with Crippen LogP contribution < -0.4 is 4.90 Å². The summed E-state index contributed by atoms with van der Waals surface area (Å²) < 4.78 is 18.3. The summed E-state index contributed by atoms with van der Waals surface area (Å²) in [5.41, 5.74) is 0.570. The van der Waals surface area contributed by atoms with E-state index in [0.29, 0.717) is 39.4 Å². The van der Waals surface area contributed by atoms with Crippen molar-refractivity contribution in [2.75, 3.05) is 45.0 Å². The lowest BCUT2D eigenvalue weighted by atomic mass is 9.97. The molecule has 0 radical (unpaired) electrons. The van der Waals surface area contributed by atoms with Gasteiger partial charge in [-0.25, -0.2) is 15.0 Å². The minimum absolute atomic E-state index is 0.189. The first-order valence-electron chi connectivity index (χ1n) is 9.45. The van der Waals surface area contributed by atoms with Gasteiger partial charge in [0.05, 0.1) is 38.2 Å². The highest BCUT2D eigenvalue weighted by molar-refractivity contribution is 5.83. The molecule has 2 saturated heterocycles. The molecule has 0 saturated carbocycles. The topological polar surface area (TPSA) is 94.8 Å². The molecule has 0 bridgehead atoms. The molecule has 3 unspecified atom stereocenters. The SMILES string of the molecule is COCCC1COCCN1c1ncnc2c1ncn2CC1(O)CCOC1C. The maximum Gasteiger partial charge on any atom is 0.165 e. The summed E-state index contributed by atoms with van der Waals surface area (Å²) in [4.78, 5) is 15.8. The van der Waals surface area contributed by atoms with Crippen molar-refractivity contribution in [2.45, 2.75) is 44.1 Å². The molecule has 4 rings (SSSR count). The highest BCUT2D eigenvalue weighted by atomic mass is 16.5. The summed E-state index contributed by atoms with van der Waals surface area (Å²) in [7, 11) is 1.71. The van der Waals surface area contributed by atoms with E-state index in [9.17, 15) is 5.11 Å². The van der Waals surface area contributed by atoms with Crippen molar-refractivity contribution < 1.29 is 19.3 Å². The van der Waals surface area contributed by atoms with Crippen molar-refractivity contribution >= 4 is 17.0 Å². The van der Waals surface area contributed by atoms with Crippen LogP contribution in [0.1, 0.15) is 19.8 Å². The summed E-state index contributed by atoms with van der Waals surface area (Å²) in [6, 6.07) is 0.189. The lowest BCUT2D eigenvalue weighted by molar-refractivity contribution is -0.0382. The van der Waals surface area contributed by atoms with Crippen molar-refractivity contribution in [3.63, 3.8) is 0 Å². The highest BCUT2D eigenvalue weighted by Crippen LogP contribution is 2.30. The number of nitrogens with zero attached hydrogens (tertiary/aromatic N) is 5. The van der Waals surface area contributed by atoms with E-state index < -0.39 is 5.60 Å². The van der Waals surface area contributed by atoms with Crippen LogP contribution in [0.15, 0.2) is 12.7 Å². The number of ether oxygens (including phenoxy) is 3. The van der Waals surface area contributed by atoms with E-state index in [1.165, 1.54) is 0 Å². The third-order valence-corrected chi connectivity index (χ3v) is 5.64. The largest absolute Gasteiger partial charge is 0.385 e. The minimum Gasteiger partial charge on any atom is -0.385 e. The third-order valence-electron chi connectivity index (χ3n) is 5.64. The molecule has 148 valence electrons. The van der Waals surface area contributed by atoms with Gasteiger partial charge in [0.1, 0.15) is 11.9 Å². The molecule has 1 N–H and O–H groups in total. The average Bonchev–Trinajstić information content (AvgIpc) is 3.24. The maximum atomic E-state index is 10.9. The number of aliphatic hydroxyl groups is 1. The van der Waals surface area contributed by atoms with Crippen LogP contribution in [-0.4, -0.2) is 82.5 Å². The van der Waals surface area contributed by atoms with Crippen LogP contribution in [-0.2, 0) is 20.8 Å². The number of rotatable bonds is 6. The molecule has 2 aromatic heterocycles. The van der Waals surface area contributed by atoms with Crippen molar-refractivity contribution in [3.05, 3.63) is 12.7 Å². The Labute approximate surface area is 158 Å². The molecule has 27 heavy (non-hydrogen) atoms. The lowest BCUT2D eigenvalue weighted by Crippen LogP contribution is -2.46. The van der Waals surface area contributed by atoms with E-state index in [0.717, 1.165) is 29.9 Å². The first-order chi connectivity index (χ1) is 13.1. The minimum atomic E-state index is -0.904. The average molecular weight is 377 g/mol. The Morgan fingerprint density at radius 3 is 3.00 bits per heavy atom. The van der Waals surface area contributed by atoms with E-state index in [-0.39, 0.29) is 12.1 Å². The Balaban J connectivity index is 1.64. The molecule has 0 aromatic carbocycles. The molecule has 9 heteroatoms. The quantitative estimate of drug-likeness (QED) is 0.782. The predicted octanol–water partition coefficient (Wildman–Crippen LogP) is 0.608. The van der Waals surface area contributed by atoms with Crippen molar-refractivity contribution in [1.82, 2.24) is 19.5 Å². The van der Waals surface area contributed by atoms with E-state index in [1.54, 1.807) is 19.8 Å². The van der Waals surface area contributed by atoms with Gasteiger partial charge in [-0.2, -0.15) is 0 Å². The number of anilines is 1. The zero-order chi connectivity index (χ0) is 18.9. The predicted molar refractivity (Wildman–Crippen MR) is 98.7 cm³/mol. The summed E-state index contributed by atoms with van der Waals surface area (Å²) in [5.74, 6) is 0.811. The fraction of sp³-hybridized carbons (Fsp3) is 0.722. The van der Waals surface area contributed by atoms with Crippen LogP contribution in [0, 0.1) is 0 Å². The van der Waals surface area contributed by atoms with Gasteiger partial charge in [-0.3, -0.25) is 0 Å². The summed E-state index contributed by atoms with van der Waals surface area (Å²) in [6.07, 6.45) is 4.55. The molecule has 2 aliphatic heterocycles. The molecule has 3 atom stereocenters. The van der Waals surface area contributed by atoms with E-state index in [2.05, 4.69) is 19.9 Å². The van der Waals surface area contributed by atoms with Gasteiger partial charge in [0.15, 0.2) is 17.0 Å². The fourth-order valence-electron chi connectivity index (χ4n) is 3.89. The van der Waals surface area contributed by atoms with Crippen molar-refractivity contribution in [1.29, 1.82) is 0 Å². The number of aromatic nitrogens is 4. The van der Waals surface area contributed by atoms with Gasteiger partial charge >= 0.3 is 0 Å². The van der Waals surface area contributed by atoms with Gasteiger partial charge in [-0.05, 0) is 13.3 Å². The summed E-state index contributed by atoms with van der Waals surface area (Å²) in [6.45, 7) is 5.59. The molecular formula is C18H27N5O4. The van der Waals surface area contributed by atoms with Gasteiger partial charge in [-0.1, -0.05) is 0 Å². The van der Waals surface area contributed by atoms with Crippen molar-refractivity contribution in [3.8, 4) is 0 Å². The number of imidazole rings is 1. The fourth-order valence-corrected chi connectivity index (χ4v) is 3.89. The molecule has 0 amide bonds. The summed E-state index contributed by atoms with van der Waals surface area (Å²) >= 11 is 0. The normalized spacial score (nSPS) is 28.9.